The Labute approximate surface area is 125 Å². The summed E-state index contributed by atoms with van der Waals surface area (Å²) in [4.78, 5) is 0. The predicted octanol–water partition coefficient (Wildman–Crippen LogP) is 1.64. The van der Waals surface area contributed by atoms with Crippen molar-refractivity contribution in [1.29, 1.82) is 0 Å². The zero-order chi connectivity index (χ0) is 15.6. The van der Waals surface area contributed by atoms with Crippen LogP contribution >= 0.6 is 0 Å². The fraction of sp³-hybridized carbons (Fsp3) is 0.538. The summed E-state index contributed by atoms with van der Waals surface area (Å²) in [6.07, 6.45) is 1.19. The Morgan fingerprint density at radius 1 is 1.38 bits per heavy atom. The van der Waals surface area contributed by atoms with Gasteiger partial charge in [-0.2, -0.15) is 0 Å². The van der Waals surface area contributed by atoms with Crippen LogP contribution in [-0.2, 0) is 27.2 Å². The first-order valence-electron chi connectivity index (χ1n) is 6.60. The molecule has 0 bridgehead atoms. The van der Waals surface area contributed by atoms with Crippen LogP contribution in [0.5, 0.6) is 0 Å². The van der Waals surface area contributed by atoms with E-state index in [4.69, 9.17) is 0 Å². The lowest BCUT2D eigenvalue weighted by atomic mass is 10.1. The molecule has 0 saturated carbocycles. The Kier molecular flexibility index (Phi) is 5.11. The second-order valence-corrected chi connectivity index (χ2v) is 8.73. The molecule has 2 atom stereocenters. The smallest absolute Gasteiger partial charge is 0.211 e. The molecule has 8 heteroatoms. The second kappa shape index (κ2) is 6.50. The van der Waals surface area contributed by atoms with Crippen LogP contribution < -0.4 is 4.72 Å². The molecule has 0 heterocycles. The third kappa shape index (κ3) is 3.87. The summed E-state index contributed by atoms with van der Waals surface area (Å²) in [5.41, 5.74) is 0.889. The topological polar surface area (TPSA) is 63.2 Å². The number of fused-ring (bicyclic) bond motifs is 1. The number of halogens is 2. The normalized spacial score (nSPS) is 19.5. The van der Waals surface area contributed by atoms with E-state index in [0.29, 0.717) is 24.0 Å². The summed E-state index contributed by atoms with van der Waals surface area (Å²) in [6.45, 7) is 0. The van der Waals surface area contributed by atoms with Crippen molar-refractivity contribution < 1.29 is 21.4 Å². The molecule has 1 aliphatic carbocycles. The number of rotatable bonds is 6. The highest BCUT2D eigenvalue weighted by Crippen LogP contribution is 2.37. The summed E-state index contributed by atoms with van der Waals surface area (Å²) in [5, 5.41) is -0.414. The maximum absolute atomic E-state index is 13.6. The highest BCUT2D eigenvalue weighted by atomic mass is 32.2. The largest absolute Gasteiger partial charge is 0.259 e. The Hall–Kier alpha value is -0.860. The van der Waals surface area contributed by atoms with Gasteiger partial charge < -0.3 is 0 Å². The van der Waals surface area contributed by atoms with Gasteiger partial charge in [-0.1, -0.05) is 0 Å². The molecule has 0 amide bonds. The van der Waals surface area contributed by atoms with Crippen molar-refractivity contribution in [3.8, 4) is 0 Å². The average Bonchev–Trinajstić information content (AvgIpc) is 2.82. The zero-order valence-electron chi connectivity index (χ0n) is 11.6. The van der Waals surface area contributed by atoms with Crippen LogP contribution in [0.4, 0.5) is 8.78 Å². The van der Waals surface area contributed by atoms with Gasteiger partial charge in [0, 0.05) is 22.6 Å². The van der Waals surface area contributed by atoms with Crippen LogP contribution in [0, 0.1) is 11.6 Å². The number of hydrogen-bond acceptors (Lipinski definition) is 3. The number of hydrogen-bond donors (Lipinski definition) is 1. The van der Waals surface area contributed by atoms with Crippen LogP contribution in [0.2, 0.25) is 0 Å². The van der Waals surface area contributed by atoms with Crippen molar-refractivity contribution in [2.45, 2.75) is 24.5 Å². The van der Waals surface area contributed by atoms with Crippen molar-refractivity contribution in [1.82, 2.24) is 4.72 Å². The predicted molar refractivity (Wildman–Crippen MR) is 77.9 cm³/mol. The maximum Gasteiger partial charge on any atom is 0.211 e. The maximum atomic E-state index is 13.6. The van der Waals surface area contributed by atoms with E-state index < -0.39 is 37.7 Å². The lowest BCUT2D eigenvalue weighted by molar-refractivity contribution is 0.574. The molecule has 1 aromatic carbocycles. The van der Waals surface area contributed by atoms with Gasteiger partial charge in [0.25, 0.3) is 0 Å². The van der Waals surface area contributed by atoms with Crippen LogP contribution in [0.25, 0.3) is 0 Å². The van der Waals surface area contributed by atoms with Crippen molar-refractivity contribution in [3.05, 3.63) is 34.9 Å². The molecular formula is C13H17F2NO3S2. The monoisotopic (exact) mass is 337 g/mol. The minimum absolute atomic E-state index is 0.105. The van der Waals surface area contributed by atoms with E-state index in [1.807, 2.05) is 0 Å². The number of nitrogens with one attached hydrogen (secondary N) is 1. The standard InChI is InChI=1S/C13H17F2NO3S2/c1-16-21(18,19)6-2-5-20(17)13-4-3-10-11(13)7-9(14)8-12(10)15/h7-8,13,16H,2-6H2,1H3/t13-,20+/m1/s1. The minimum Gasteiger partial charge on any atom is -0.259 e. The molecule has 1 aromatic rings. The molecule has 1 N–H and O–H groups in total. The molecule has 0 unspecified atom stereocenters. The first-order valence-corrected chi connectivity index (χ1v) is 9.63. The third-order valence-electron chi connectivity index (χ3n) is 3.59. The first kappa shape index (κ1) is 16.5. The SMILES string of the molecule is CNS(=O)(=O)CCC[S@](=O)[C@@H]1CCc2c(F)cc(F)cc21. The fourth-order valence-electron chi connectivity index (χ4n) is 2.51. The van der Waals surface area contributed by atoms with Gasteiger partial charge in [0.05, 0.1) is 11.0 Å². The van der Waals surface area contributed by atoms with Gasteiger partial charge >= 0.3 is 0 Å². The van der Waals surface area contributed by atoms with Crippen molar-refractivity contribution in [2.24, 2.45) is 0 Å². The van der Waals surface area contributed by atoms with Gasteiger partial charge in [0.2, 0.25) is 10.0 Å². The van der Waals surface area contributed by atoms with E-state index in [9.17, 15) is 21.4 Å². The third-order valence-corrected chi connectivity index (χ3v) is 6.85. The quantitative estimate of drug-likeness (QED) is 0.858. The van der Waals surface area contributed by atoms with E-state index in [0.717, 1.165) is 6.07 Å². The highest BCUT2D eigenvalue weighted by molar-refractivity contribution is 7.89. The van der Waals surface area contributed by atoms with Crippen LogP contribution in [0.3, 0.4) is 0 Å². The summed E-state index contributed by atoms with van der Waals surface area (Å²) in [6, 6.07) is 2.07. The highest BCUT2D eigenvalue weighted by Gasteiger charge is 2.30. The molecule has 0 fully saturated rings. The van der Waals surface area contributed by atoms with Crippen molar-refractivity contribution >= 4 is 20.8 Å². The molecule has 21 heavy (non-hydrogen) atoms. The van der Waals surface area contributed by atoms with E-state index in [2.05, 4.69) is 4.72 Å². The molecular weight excluding hydrogens is 320 g/mol. The van der Waals surface area contributed by atoms with Gasteiger partial charge in [-0.3, -0.25) is 4.21 Å². The second-order valence-electron chi connectivity index (χ2n) is 4.94. The molecule has 0 aliphatic heterocycles. The van der Waals surface area contributed by atoms with E-state index in [-0.39, 0.29) is 17.9 Å². The van der Waals surface area contributed by atoms with Crippen LogP contribution in [0.15, 0.2) is 12.1 Å². The molecule has 118 valence electrons. The summed E-state index contributed by atoms with van der Waals surface area (Å²) < 4.78 is 63.9. The van der Waals surface area contributed by atoms with Gasteiger partial charge in [-0.25, -0.2) is 21.9 Å². The number of benzene rings is 1. The fourth-order valence-corrected chi connectivity index (χ4v) is 5.01. The minimum atomic E-state index is -3.32. The van der Waals surface area contributed by atoms with Gasteiger partial charge in [-0.05, 0) is 43.5 Å². The van der Waals surface area contributed by atoms with Gasteiger partial charge in [-0.15, -0.1) is 0 Å². The van der Waals surface area contributed by atoms with E-state index >= 15 is 0 Å². The van der Waals surface area contributed by atoms with E-state index in [1.54, 1.807) is 0 Å². The molecule has 4 nitrogen and oxygen atoms in total. The Morgan fingerprint density at radius 3 is 2.76 bits per heavy atom. The molecule has 0 saturated heterocycles. The van der Waals surface area contributed by atoms with Crippen molar-refractivity contribution in [3.63, 3.8) is 0 Å². The first-order chi connectivity index (χ1) is 9.84. The Morgan fingerprint density at radius 2 is 2.10 bits per heavy atom. The molecule has 1 aliphatic rings. The Bertz CT molecular complexity index is 662. The Balaban J connectivity index is 2.04. The van der Waals surface area contributed by atoms with Gasteiger partial charge in [0.1, 0.15) is 11.6 Å². The lowest BCUT2D eigenvalue weighted by Gasteiger charge is -2.12. The molecule has 0 radical (unpaired) electrons. The number of sulfonamides is 1. The lowest BCUT2D eigenvalue weighted by Crippen LogP contribution is -2.23. The van der Waals surface area contributed by atoms with Crippen LogP contribution in [-0.4, -0.2) is 31.2 Å². The average molecular weight is 337 g/mol. The van der Waals surface area contributed by atoms with Crippen LogP contribution in [0.1, 0.15) is 29.2 Å². The zero-order valence-corrected chi connectivity index (χ0v) is 13.2. The molecule has 2 rings (SSSR count). The molecule has 0 spiro atoms. The van der Waals surface area contributed by atoms with Crippen molar-refractivity contribution in [2.75, 3.05) is 18.6 Å². The molecule has 0 aromatic heterocycles. The summed E-state index contributed by atoms with van der Waals surface area (Å²) in [7, 11) is -3.33. The summed E-state index contributed by atoms with van der Waals surface area (Å²) >= 11 is 0. The summed E-state index contributed by atoms with van der Waals surface area (Å²) in [5.74, 6) is -1.18. The van der Waals surface area contributed by atoms with E-state index in [1.165, 1.54) is 13.1 Å². The van der Waals surface area contributed by atoms with Gasteiger partial charge in [0.15, 0.2) is 0 Å².